The molecule has 2 N–H and O–H groups in total. The van der Waals surface area contributed by atoms with Crippen LogP contribution in [0, 0.1) is 6.92 Å². The Morgan fingerprint density at radius 2 is 2.07 bits per heavy atom. The lowest BCUT2D eigenvalue weighted by atomic mass is 10.1. The molecule has 0 amide bonds. The van der Waals surface area contributed by atoms with Crippen LogP contribution in [-0.2, 0) is 22.9 Å². The summed E-state index contributed by atoms with van der Waals surface area (Å²) in [4.78, 5) is 19.6. The SMILES string of the molecule is CCc1cc(-c2ccc(S(=O)(=O)NCCc3cccnc3)s2)c(C)[nH]c1=O. The van der Waals surface area contributed by atoms with Crippen LogP contribution in [0.1, 0.15) is 23.7 Å². The summed E-state index contributed by atoms with van der Waals surface area (Å²) in [5, 5.41) is 0. The van der Waals surface area contributed by atoms with Crippen LogP contribution in [0.25, 0.3) is 10.4 Å². The molecule has 0 spiro atoms. The highest BCUT2D eigenvalue weighted by Gasteiger charge is 2.18. The second kappa shape index (κ2) is 8.16. The summed E-state index contributed by atoms with van der Waals surface area (Å²) in [6, 6.07) is 8.95. The maximum absolute atomic E-state index is 12.6. The first kappa shape index (κ1) is 19.5. The van der Waals surface area contributed by atoms with Gasteiger partial charge in [-0.15, -0.1) is 11.3 Å². The van der Waals surface area contributed by atoms with Crippen molar-refractivity contribution in [1.29, 1.82) is 0 Å². The van der Waals surface area contributed by atoms with Crippen LogP contribution < -0.4 is 10.3 Å². The van der Waals surface area contributed by atoms with Crippen LogP contribution >= 0.6 is 11.3 Å². The summed E-state index contributed by atoms with van der Waals surface area (Å²) in [6.07, 6.45) is 4.60. The molecule has 6 nitrogen and oxygen atoms in total. The highest BCUT2D eigenvalue weighted by molar-refractivity contribution is 7.91. The monoisotopic (exact) mass is 403 g/mol. The van der Waals surface area contributed by atoms with Crippen LogP contribution in [0.2, 0.25) is 0 Å². The number of H-pyrrole nitrogens is 1. The average molecular weight is 404 g/mol. The van der Waals surface area contributed by atoms with Gasteiger partial charge in [-0.2, -0.15) is 0 Å². The summed E-state index contributed by atoms with van der Waals surface area (Å²) in [6.45, 7) is 4.04. The molecule has 0 saturated heterocycles. The Labute approximate surface area is 162 Å². The highest BCUT2D eigenvalue weighted by atomic mass is 32.2. The van der Waals surface area contributed by atoms with Gasteiger partial charge >= 0.3 is 0 Å². The Kier molecular flexibility index (Phi) is 5.88. The fourth-order valence-electron chi connectivity index (χ4n) is 2.74. The van der Waals surface area contributed by atoms with E-state index in [2.05, 4.69) is 14.7 Å². The van der Waals surface area contributed by atoms with Crippen molar-refractivity contribution in [2.45, 2.75) is 30.9 Å². The number of pyridine rings is 2. The van der Waals surface area contributed by atoms with Gasteiger partial charge in [0.05, 0.1) is 0 Å². The second-order valence-electron chi connectivity index (χ2n) is 6.14. The molecule has 0 radical (unpaired) electrons. The quantitative estimate of drug-likeness (QED) is 0.634. The van der Waals surface area contributed by atoms with E-state index in [9.17, 15) is 13.2 Å². The van der Waals surface area contributed by atoms with E-state index in [4.69, 9.17) is 0 Å². The third-order valence-electron chi connectivity index (χ3n) is 4.24. The minimum Gasteiger partial charge on any atom is -0.326 e. The van der Waals surface area contributed by atoms with Gasteiger partial charge in [-0.1, -0.05) is 13.0 Å². The van der Waals surface area contributed by atoms with Gasteiger partial charge in [-0.3, -0.25) is 9.78 Å². The molecule has 8 heteroatoms. The summed E-state index contributed by atoms with van der Waals surface area (Å²) in [5.74, 6) is 0. The molecule has 0 fully saturated rings. The van der Waals surface area contributed by atoms with E-state index >= 15 is 0 Å². The van der Waals surface area contributed by atoms with Gasteiger partial charge in [-0.25, -0.2) is 13.1 Å². The van der Waals surface area contributed by atoms with E-state index in [1.807, 2.05) is 32.0 Å². The van der Waals surface area contributed by atoms with E-state index in [1.165, 1.54) is 11.3 Å². The van der Waals surface area contributed by atoms with Gasteiger partial charge in [-0.05, 0) is 49.6 Å². The van der Waals surface area contributed by atoms with Crippen LogP contribution in [-0.4, -0.2) is 24.9 Å². The molecule has 3 rings (SSSR count). The molecule has 0 aliphatic carbocycles. The van der Waals surface area contributed by atoms with Gasteiger partial charge in [0, 0.05) is 40.6 Å². The van der Waals surface area contributed by atoms with Crippen LogP contribution in [0.3, 0.4) is 0 Å². The lowest BCUT2D eigenvalue weighted by Crippen LogP contribution is -2.25. The fraction of sp³-hybridized carbons (Fsp3) is 0.263. The number of rotatable bonds is 7. The van der Waals surface area contributed by atoms with Gasteiger partial charge < -0.3 is 4.98 Å². The number of hydrogen-bond donors (Lipinski definition) is 2. The predicted molar refractivity (Wildman–Crippen MR) is 108 cm³/mol. The first-order chi connectivity index (χ1) is 12.9. The molecule has 3 aromatic heterocycles. The number of aromatic amines is 1. The van der Waals surface area contributed by atoms with Gasteiger partial charge in [0.15, 0.2) is 0 Å². The number of nitrogens with one attached hydrogen (secondary N) is 2. The number of aromatic nitrogens is 2. The highest BCUT2D eigenvalue weighted by Crippen LogP contribution is 2.32. The van der Waals surface area contributed by atoms with Gasteiger partial charge in [0.1, 0.15) is 4.21 Å². The van der Waals surface area contributed by atoms with Crippen molar-refractivity contribution in [2.75, 3.05) is 6.54 Å². The van der Waals surface area contributed by atoms with E-state index in [1.54, 1.807) is 24.5 Å². The zero-order valence-corrected chi connectivity index (χ0v) is 16.8. The molecule has 0 atom stereocenters. The molecule has 3 aromatic rings. The Balaban J connectivity index is 1.77. The lowest BCUT2D eigenvalue weighted by molar-refractivity contribution is 0.583. The number of hydrogen-bond acceptors (Lipinski definition) is 5. The Morgan fingerprint density at radius 3 is 2.78 bits per heavy atom. The van der Waals surface area contributed by atoms with Crippen molar-refractivity contribution < 1.29 is 8.42 Å². The van der Waals surface area contributed by atoms with Crippen molar-refractivity contribution in [3.8, 4) is 10.4 Å². The first-order valence-corrected chi connectivity index (χ1v) is 10.9. The van der Waals surface area contributed by atoms with Crippen LogP contribution in [0.5, 0.6) is 0 Å². The molecule has 0 saturated carbocycles. The predicted octanol–water partition coefficient (Wildman–Crippen LogP) is 2.89. The summed E-state index contributed by atoms with van der Waals surface area (Å²) >= 11 is 1.19. The number of sulfonamides is 1. The van der Waals surface area contributed by atoms with Crippen molar-refractivity contribution in [3.05, 3.63) is 69.9 Å². The van der Waals surface area contributed by atoms with Gasteiger partial charge in [0.25, 0.3) is 5.56 Å². The molecule has 0 aliphatic rings. The van der Waals surface area contributed by atoms with E-state index < -0.39 is 10.0 Å². The van der Waals surface area contributed by atoms with E-state index in [0.717, 1.165) is 21.7 Å². The standard InChI is InChI=1S/C19H21N3O3S2/c1-3-15-11-16(13(2)22-19(15)23)17-6-7-18(26-17)27(24,25)21-10-8-14-5-4-9-20-12-14/h4-7,9,11-12,21H,3,8,10H2,1-2H3,(H,22,23). The summed E-state index contributed by atoms with van der Waals surface area (Å²) in [7, 11) is -3.58. The maximum Gasteiger partial charge on any atom is 0.251 e. The molecule has 27 heavy (non-hydrogen) atoms. The van der Waals surface area contributed by atoms with E-state index in [-0.39, 0.29) is 9.77 Å². The summed E-state index contributed by atoms with van der Waals surface area (Å²) < 4.78 is 28.0. The topological polar surface area (TPSA) is 91.9 Å². The smallest absolute Gasteiger partial charge is 0.251 e. The minimum atomic E-state index is -3.58. The molecule has 0 aliphatic heterocycles. The maximum atomic E-state index is 12.6. The van der Waals surface area contributed by atoms with Gasteiger partial charge in [0.2, 0.25) is 10.0 Å². The van der Waals surface area contributed by atoms with Crippen molar-refractivity contribution in [3.63, 3.8) is 0 Å². The zero-order valence-electron chi connectivity index (χ0n) is 15.2. The molecule has 3 heterocycles. The molecule has 0 aromatic carbocycles. The number of thiophene rings is 1. The van der Waals surface area contributed by atoms with Crippen LogP contribution in [0.15, 0.2) is 51.7 Å². The average Bonchev–Trinajstić information content (AvgIpc) is 3.13. The third-order valence-corrected chi connectivity index (χ3v) is 7.31. The third kappa shape index (κ3) is 4.52. The van der Waals surface area contributed by atoms with E-state index in [0.29, 0.717) is 24.9 Å². The Hall–Kier alpha value is -2.29. The van der Waals surface area contributed by atoms with Crippen LogP contribution in [0.4, 0.5) is 0 Å². The first-order valence-electron chi connectivity index (χ1n) is 8.62. The molecular formula is C19H21N3O3S2. The number of nitrogens with zero attached hydrogens (tertiary/aromatic N) is 1. The summed E-state index contributed by atoms with van der Waals surface area (Å²) in [5.41, 5.74) is 3.15. The second-order valence-corrected chi connectivity index (χ2v) is 9.22. The Morgan fingerprint density at radius 1 is 1.26 bits per heavy atom. The minimum absolute atomic E-state index is 0.0970. The zero-order chi connectivity index (χ0) is 19.4. The van der Waals surface area contributed by atoms with Crippen molar-refractivity contribution in [2.24, 2.45) is 0 Å². The van der Waals surface area contributed by atoms with Crippen molar-refractivity contribution in [1.82, 2.24) is 14.7 Å². The molecule has 0 bridgehead atoms. The number of aryl methyl sites for hydroxylation is 2. The normalized spacial score (nSPS) is 11.6. The Bertz CT molecular complexity index is 1090. The van der Waals surface area contributed by atoms with Crippen molar-refractivity contribution >= 4 is 21.4 Å². The largest absolute Gasteiger partial charge is 0.326 e. The fourth-order valence-corrected chi connectivity index (χ4v) is 5.20. The molecule has 0 unspecified atom stereocenters. The molecule has 142 valence electrons. The lowest BCUT2D eigenvalue weighted by Gasteiger charge is -2.06. The molecular weight excluding hydrogens is 382 g/mol.